The van der Waals surface area contributed by atoms with Crippen LogP contribution in [0.15, 0.2) is 56.3 Å². The van der Waals surface area contributed by atoms with E-state index in [1.807, 2.05) is 31.2 Å². The molecule has 3 heterocycles. The number of hydrogen-bond donors (Lipinski definition) is 0. The standard InChI is InChI=1S/C22H24N2O5/c1-2-6-20(26)29-14-19(25)24-22(18-10-5-12-28-18)17-9-3-7-15(21(17)23-24)13-16-8-4-11-27-16/h4-5,8,10-13,17,22H,2-3,6-7,9,14H2,1H3/b15-13+/t17-,22+/m0/s1. The van der Waals surface area contributed by atoms with Gasteiger partial charge < -0.3 is 13.6 Å². The molecule has 1 saturated carbocycles. The smallest absolute Gasteiger partial charge is 0.306 e. The van der Waals surface area contributed by atoms with Crippen molar-refractivity contribution in [3.8, 4) is 0 Å². The zero-order valence-corrected chi connectivity index (χ0v) is 16.4. The number of esters is 1. The summed E-state index contributed by atoms with van der Waals surface area (Å²) in [5, 5.41) is 6.10. The van der Waals surface area contributed by atoms with Crippen LogP contribution in [-0.4, -0.2) is 29.2 Å². The van der Waals surface area contributed by atoms with Crippen molar-refractivity contribution in [3.63, 3.8) is 0 Å². The molecule has 0 bridgehead atoms. The molecular weight excluding hydrogens is 372 g/mol. The molecular formula is C22H24N2O5. The molecule has 2 aliphatic rings. The van der Waals surface area contributed by atoms with Crippen LogP contribution in [0.5, 0.6) is 0 Å². The van der Waals surface area contributed by atoms with Crippen molar-refractivity contribution in [2.24, 2.45) is 11.0 Å². The zero-order chi connectivity index (χ0) is 20.2. The Bertz CT molecular complexity index is 911. The van der Waals surface area contributed by atoms with E-state index < -0.39 is 0 Å². The lowest BCUT2D eigenvalue weighted by atomic mass is 9.79. The molecule has 0 saturated heterocycles. The lowest BCUT2D eigenvalue weighted by Crippen LogP contribution is -2.34. The molecule has 2 aromatic rings. The first-order valence-corrected chi connectivity index (χ1v) is 10.0. The van der Waals surface area contributed by atoms with Gasteiger partial charge in [0.2, 0.25) is 0 Å². The number of ether oxygens (including phenoxy) is 1. The van der Waals surface area contributed by atoms with E-state index in [0.29, 0.717) is 18.6 Å². The molecule has 1 aliphatic carbocycles. The summed E-state index contributed by atoms with van der Waals surface area (Å²) in [6.07, 6.45) is 8.95. The van der Waals surface area contributed by atoms with Gasteiger partial charge in [-0.05, 0) is 61.6 Å². The molecule has 0 spiro atoms. The highest BCUT2D eigenvalue weighted by Gasteiger charge is 2.45. The van der Waals surface area contributed by atoms with E-state index in [4.69, 9.17) is 13.6 Å². The third kappa shape index (κ3) is 4.04. The quantitative estimate of drug-likeness (QED) is 0.678. The fraction of sp³-hybridized carbons (Fsp3) is 0.409. The Labute approximate surface area is 169 Å². The minimum absolute atomic E-state index is 0.0337. The van der Waals surface area contributed by atoms with Gasteiger partial charge in [0.15, 0.2) is 6.61 Å². The van der Waals surface area contributed by atoms with Gasteiger partial charge in [0.05, 0.1) is 18.2 Å². The van der Waals surface area contributed by atoms with Crippen LogP contribution in [0.1, 0.15) is 56.6 Å². The topological polar surface area (TPSA) is 85.3 Å². The average Bonchev–Trinajstić information content (AvgIpc) is 3.46. The minimum atomic E-state index is -0.377. The molecule has 0 aromatic carbocycles. The van der Waals surface area contributed by atoms with E-state index in [9.17, 15) is 9.59 Å². The summed E-state index contributed by atoms with van der Waals surface area (Å²) in [5.74, 6) is 0.747. The molecule has 7 heteroatoms. The van der Waals surface area contributed by atoms with Gasteiger partial charge in [-0.1, -0.05) is 6.92 Å². The van der Waals surface area contributed by atoms with Gasteiger partial charge in [-0.2, -0.15) is 5.10 Å². The van der Waals surface area contributed by atoms with E-state index in [-0.39, 0.29) is 30.4 Å². The normalized spacial score (nSPS) is 22.4. The number of carbonyl (C=O) groups is 2. The lowest BCUT2D eigenvalue weighted by molar-refractivity contribution is -0.153. The van der Waals surface area contributed by atoms with Crippen molar-refractivity contribution in [2.45, 2.75) is 45.1 Å². The maximum Gasteiger partial charge on any atom is 0.306 e. The highest BCUT2D eigenvalue weighted by molar-refractivity contribution is 6.08. The van der Waals surface area contributed by atoms with Crippen LogP contribution in [0.3, 0.4) is 0 Å². The number of nitrogens with zero attached hydrogens (tertiary/aromatic N) is 2. The summed E-state index contributed by atoms with van der Waals surface area (Å²) in [6, 6.07) is 7.07. The number of allylic oxidation sites excluding steroid dienone is 1. The first-order chi connectivity index (χ1) is 14.2. The number of amides is 1. The molecule has 0 radical (unpaired) electrons. The van der Waals surface area contributed by atoms with Crippen molar-refractivity contribution in [2.75, 3.05) is 6.61 Å². The Balaban J connectivity index is 1.61. The number of hydrazone groups is 1. The second-order valence-corrected chi connectivity index (χ2v) is 7.28. The van der Waals surface area contributed by atoms with Crippen molar-refractivity contribution in [3.05, 3.63) is 53.9 Å². The van der Waals surface area contributed by atoms with E-state index in [0.717, 1.165) is 36.3 Å². The molecule has 29 heavy (non-hydrogen) atoms. The van der Waals surface area contributed by atoms with Crippen LogP contribution in [0.25, 0.3) is 6.08 Å². The van der Waals surface area contributed by atoms with E-state index in [1.165, 1.54) is 5.01 Å². The van der Waals surface area contributed by atoms with Crippen LogP contribution >= 0.6 is 0 Å². The predicted octanol–water partition coefficient (Wildman–Crippen LogP) is 4.34. The third-order valence-electron chi connectivity index (χ3n) is 5.26. The Morgan fingerprint density at radius 1 is 1.28 bits per heavy atom. The molecule has 0 N–H and O–H groups in total. The fourth-order valence-electron chi connectivity index (χ4n) is 3.97. The van der Waals surface area contributed by atoms with Gasteiger partial charge >= 0.3 is 5.97 Å². The highest BCUT2D eigenvalue weighted by atomic mass is 16.5. The summed E-state index contributed by atoms with van der Waals surface area (Å²) in [5.41, 5.74) is 1.94. The molecule has 1 aliphatic heterocycles. The lowest BCUT2D eigenvalue weighted by Gasteiger charge is -2.27. The predicted molar refractivity (Wildman–Crippen MR) is 106 cm³/mol. The van der Waals surface area contributed by atoms with E-state index in [1.54, 1.807) is 18.6 Å². The summed E-state index contributed by atoms with van der Waals surface area (Å²) >= 11 is 0. The Hall–Kier alpha value is -3.09. The average molecular weight is 396 g/mol. The summed E-state index contributed by atoms with van der Waals surface area (Å²) in [6.45, 7) is 1.57. The molecule has 2 atom stereocenters. The molecule has 1 amide bonds. The summed E-state index contributed by atoms with van der Waals surface area (Å²) in [7, 11) is 0. The van der Waals surface area contributed by atoms with Gasteiger partial charge in [-0.25, -0.2) is 5.01 Å². The molecule has 4 rings (SSSR count). The number of carbonyl (C=O) groups excluding carboxylic acids is 2. The Kier molecular flexibility index (Phi) is 5.64. The van der Waals surface area contributed by atoms with E-state index >= 15 is 0 Å². The first kappa shape index (κ1) is 19.2. The SMILES string of the molecule is CCCC(=O)OCC(=O)N1N=C2/C(=C/c3ccco3)CCC[C@@H]2[C@@H]1c1ccco1. The molecule has 2 aromatic heterocycles. The largest absolute Gasteiger partial charge is 0.467 e. The molecule has 7 nitrogen and oxygen atoms in total. The molecule has 152 valence electrons. The number of fused-ring (bicyclic) bond motifs is 1. The maximum atomic E-state index is 12.9. The summed E-state index contributed by atoms with van der Waals surface area (Å²) in [4.78, 5) is 24.6. The second kappa shape index (κ2) is 8.51. The molecule has 0 unspecified atom stereocenters. The van der Waals surface area contributed by atoms with Gasteiger partial charge in [-0.3, -0.25) is 9.59 Å². The van der Waals surface area contributed by atoms with Crippen LogP contribution in [0.4, 0.5) is 0 Å². The number of hydrogen-bond acceptors (Lipinski definition) is 6. The Morgan fingerprint density at radius 3 is 2.83 bits per heavy atom. The van der Waals surface area contributed by atoms with Crippen molar-refractivity contribution in [1.29, 1.82) is 0 Å². The van der Waals surface area contributed by atoms with Crippen LogP contribution < -0.4 is 0 Å². The zero-order valence-electron chi connectivity index (χ0n) is 16.4. The first-order valence-electron chi connectivity index (χ1n) is 10.0. The van der Waals surface area contributed by atoms with Crippen LogP contribution in [0, 0.1) is 5.92 Å². The maximum absolute atomic E-state index is 12.9. The van der Waals surface area contributed by atoms with Crippen LogP contribution in [0.2, 0.25) is 0 Å². The fourth-order valence-corrected chi connectivity index (χ4v) is 3.97. The second-order valence-electron chi connectivity index (χ2n) is 7.28. The number of rotatable bonds is 6. The van der Waals surface area contributed by atoms with E-state index in [2.05, 4.69) is 5.10 Å². The van der Waals surface area contributed by atoms with Gasteiger partial charge in [-0.15, -0.1) is 0 Å². The Morgan fingerprint density at radius 2 is 2.10 bits per heavy atom. The van der Waals surface area contributed by atoms with Gasteiger partial charge in [0.25, 0.3) is 5.91 Å². The van der Waals surface area contributed by atoms with Crippen molar-refractivity contribution in [1.82, 2.24) is 5.01 Å². The minimum Gasteiger partial charge on any atom is -0.467 e. The highest BCUT2D eigenvalue weighted by Crippen LogP contribution is 2.44. The van der Waals surface area contributed by atoms with Crippen molar-refractivity contribution < 1.29 is 23.2 Å². The van der Waals surface area contributed by atoms with Gasteiger partial charge in [0.1, 0.15) is 17.6 Å². The third-order valence-corrected chi connectivity index (χ3v) is 5.26. The van der Waals surface area contributed by atoms with Gasteiger partial charge in [0, 0.05) is 12.3 Å². The molecule has 1 fully saturated rings. The number of furan rings is 2. The summed E-state index contributed by atoms with van der Waals surface area (Å²) < 4.78 is 16.2. The van der Waals surface area contributed by atoms with Crippen molar-refractivity contribution >= 4 is 23.7 Å². The monoisotopic (exact) mass is 396 g/mol. The van der Waals surface area contributed by atoms with Crippen LogP contribution in [-0.2, 0) is 14.3 Å².